The van der Waals surface area contributed by atoms with Crippen LogP contribution in [0.15, 0.2) is 22.0 Å². The highest BCUT2D eigenvalue weighted by molar-refractivity contribution is 9.10. The minimum atomic E-state index is -0.740. The second-order valence-electron chi connectivity index (χ2n) is 3.67. The van der Waals surface area contributed by atoms with Crippen molar-refractivity contribution in [1.29, 1.82) is 0 Å². The number of carbonyl (C=O) groups excluding carboxylic acids is 1. The van der Waals surface area contributed by atoms with Crippen LogP contribution in [0.3, 0.4) is 0 Å². The van der Waals surface area contributed by atoms with Crippen LogP contribution in [0, 0.1) is 18.6 Å². The molecule has 6 heteroatoms. The van der Waals surface area contributed by atoms with E-state index in [1.165, 1.54) is 17.4 Å². The van der Waals surface area contributed by atoms with Gasteiger partial charge in [0, 0.05) is 17.4 Å². The van der Waals surface area contributed by atoms with E-state index in [-0.39, 0.29) is 22.2 Å². The third-order valence-corrected chi connectivity index (χ3v) is 3.77. The van der Waals surface area contributed by atoms with E-state index in [2.05, 4.69) is 20.9 Å². The Morgan fingerprint density at radius 3 is 2.78 bits per heavy atom. The Kier molecular flexibility index (Phi) is 3.87. The summed E-state index contributed by atoms with van der Waals surface area (Å²) in [4.78, 5) is 15.8. The maximum atomic E-state index is 13.7. The summed E-state index contributed by atoms with van der Waals surface area (Å²) >= 11 is 4.29. The zero-order chi connectivity index (χ0) is 13.3. The van der Waals surface area contributed by atoms with E-state index < -0.39 is 17.4 Å². The zero-order valence-electron chi connectivity index (χ0n) is 9.34. The zero-order valence-corrected chi connectivity index (χ0v) is 11.7. The number of aromatic nitrogens is 1. The molecule has 0 aliphatic rings. The molecule has 0 fully saturated rings. The molecule has 0 N–H and O–H groups in total. The lowest BCUT2D eigenvalue weighted by Gasteiger charge is -2.04. The normalized spacial score (nSPS) is 10.7. The highest BCUT2D eigenvalue weighted by atomic mass is 79.9. The van der Waals surface area contributed by atoms with Gasteiger partial charge in [-0.05, 0) is 35.0 Å². The summed E-state index contributed by atoms with van der Waals surface area (Å²) in [6.45, 7) is 1.77. The molecule has 0 aliphatic heterocycles. The van der Waals surface area contributed by atoms with Crippen LogP contribution in [0.2, 0.25) is 0 Å². The fraction of sp³-hybridized carbons (Fsp3) is 0.167. The number of hydrogen-bond acceptors (Lipinski definition) is 3. The number of hydrogen-bond donors (Lipinski definition) is 0. The molecule has 0 atom stereocenters. The van der Waals surface area contributed by atoms with Crippen LogP contribution in [0.4, 0.5) is 8.78 Å². The summed E-state index contributed by atoms with van der Waals surface area (Å²) in [5, 5.41) is 2.33. The largest absolute Gasteiger partial charge is 0.292 e. The molecule has 18 heavy (non-hydrogen) atoms. The summed E-state index contributed by atoms with van der Waals surface area (Å²) in [5.74, 6) is -1.86. The van der Waals surface area contributed by atoms with Gasteiger partial charge in [-0.3, -0.25) is 4.79 Å². The number of rotatable bonds is 3. The number of nitrogens with zero attached hydrogens (tertiary/aromatic N) is 1. The molecule has 94 valence electrons. The molecule has 2 rings (SSSR count). The van der Waals surface area contributed by atoms with Gasteiger partial charge in [0.2, 0.25) is 0 Å². The van der Waals surface area contributed by atoms with E-state index in [1.54, 1.807) is 12.3 Å². The van der Waals surface area contributed by atoms with Gasteiger partial charge in [-0.15, -0.1) is 11.3 Å². The topological polar surface area (TPSA) is 30.0 Å². The Hall–Kier alpha value is -1.14. The number of halogens is 3. The maximum absolute atomic E-state index is 13.7. The number of aryl methyl sites for hydroxylation is 1. The Morgan fingerprint density at radius 2 is 2.17 bits per heavy atom. The molecule has 1 heterocycles. The van der Waals surface area contributed by atoms with E-state index in [0.29, 0.717) is 0 Å². The average molecular weight is 332 g/mol. The van der Waals surface area contributed by atoms with Gasteiger partial charge in [0.15, 0.2) is 5.78 Å². The molecule has 2 aromatic rings. The fourth-order valence-electron chi connectivity index (χ4n) is 1.47. The number of carbonyl (C=O) groups is 1. The molecule has 2 nitrogen and oxygen atoms in total. The number of ketones is 1. The minimum Gasteiger partial charge on any atom is -0.292 e. The molecule has 0 bridgehead atoms. The molecular weight excluding hydrogens is 324 g/mol. The van der Waals surface area contributed by atoms with Crippen molar-refractivity contribution in [3.05, 3.63) is 49.9 Å². The Bertz CT molecular complexity index is 612. The van der Waals surface area contributed by atoms with E-state index in [9.17, 15) is 13.6 Å². The van der Waals surface area contributed by atoms with E-state index >= 15 is 0 Å². The Balaban J connectivity index is 2.30. The maximum Gasteiger partial charge on any atom is 0.186 e. The Labute approximate surface area is 115 Å². The summed E-state index contributed by atoms with van der Waals surface area (Å²) in [5.41, 5.74) is 0.0105. The number of Topliss-reactive ketones (excluding diaryl/α,β-unsaturated/α-hetero) is 1. The van der Waals surface area contributed by atoms with Gasteiger partial charge in [0.25, 0.3) is 0 Å². The van der Waals surface area contributed by atoms with Crippen molar-refractivity contribution in [3.8, 4) is 0 Å². The van der Waals surface area contributed by atoms with Crippen LogP contribution in [0.25, 0.3) is 0 Å². The predicted molar refractivity (Wildman–Crippen MR) is 68.9 cm³/mol. The van der Waals surface area contributed by atoms with E-state index in [0.717, 1.165) is 11.1 Å². The van der Waals surface area contributed by atoms with Crippen LogP contribution in [-0.4, -0.2) is 10.8 Å². The fourth-order valence-corrected chi connectivity index (χ4v) is 2.46. The van der Waals surface area contributed by atoms with Crippen molar-refractivity contribution in [3.63, 3.8) is 0 Å². The smallest absolute Gasteiger partial charge is 0.186 e. The van der Waals surface area contributed by atoms with Crippen molar-refractivity contribution < 1.29 is 13.6 Å². The third kappa shape index (κ3) is 2.64. The van der Waals surface area contributed by atoms with Crippen molar-refractivity contribution in [2.24, 2.45) is 0 Å². The number of thiazole rings is 1. The van der Waals surface area contributed by atoms with Gasteiger partial charge in [-0.1, -0.05) is 0 Å². The quantitative estimate of drug-likeness (QED) is 0.630. The second kappa shape index (κ2) is 5.24. The van der Waals surface area contributed by atoms with Gasteiger partial charge in [-0.25, -0.2) is 13.8 Å². The van der Waals surface area contributed by atoms with Crippen LogP contribution in [0.5, 0.6) is 0 Å². The summed E-state index contributed by atoms with van der Waals surface area (Å²) in [6.07, 6.45) is -0.333. The monoisotopic (exact) mass is 331 g/mol. The summed E-state index contributed by atoms with van der Waals surface area (Å²) in [6, 6.07) is 2.40. The van der Waals surface area contributed by atoms with Crippen LogP contribution >= 0.6 is 27.3 Å². The van der Waals surface area contributed by atoms with Crippen molar-refractivity contribution in [2.75, 3.05) is 0 Å². The molecule has 1 aromatic heterocycles. The van der Waals surface area contributed by atoms with Gasteiger partial charge in [-0.2, -0.15) is 0 Å². The van der Waals surface area contributed by atoms with Gasteiger partial charge in [0.1, 0.15) is 17.3 Å². The molecular formula is C12H8BrF2NOS. The first-order valence-electron chi connectivity index (χ1n) is 5.06. The molecule has 0 radical (unpaired) electrons. The highest BCUT2D eigenvalue weighted by Crippen LogP contribution is 2.23. The van der Waals surface area contributed by atoms with Crippen molar-refractivity contribution in [1.82, 2.24) is 4.98 Å². The third-order valence-electron chi connectivity index (χ3n) is 2.38. The standard InChI is InChI=1S/C12H8BrF2NOS/c1-6-16-10(5-18-6)11(17)4-7-9(14)3-2-8(13)12(7)15/h2-3,5H,4H2,1H3. The number of benzene rings is 1. The molecule has 0 saturated carbocycles. The van der Waals surface area contributed by atoms with Gasteiger partial charge in [0.05, 0.1) is 9.48 Å². The summed E-state index contributed by atoms with van der Waals surface area (Å²) < 4.78 is 27.3. The molecule has 0 spiro atoms. The summed E-state index contributed by atoms with van der Waals surface area (Å²) in [7, 11) is 0. The van der Waals surface area contributed by atoms with Crippen molar-refractivity contribution >= 4 is 33.0 Å². The van der Waals surface area contributed by atoms with Crippen LogP contribution in [0.1, 0.15) is 21.1 Å². The van der Waals surface area contributed by atoms with E-state index in [4.69, 9.17) is 0 Å². The second-order valence-corrected chi connectivity index (χ2v) is 5.59. The lowest BCUT2D eigenvalue weighted by molar-refractivity contribution is 0.0986. The van der Waals surface area contributed by atoms with Crippen LogP contribution < -0.4 is 0 Å². The molecule has 0 aliphatic carbocycles. The molecule has 1 aromatic carbocycles. The molecule has 0 saturated heterocycles. The lowest BCUT2D eigenvalue weighted by Crippen LogP contribution is -2.08. The van der Waals surface area contributed by atoms with E-state index in [1.807, 2.05) is 0 Å². The SMILES string of the molecule is Cc1nc(C(=O)Cc2c(F)ccc(Br)c2F)cs1. The molecule has 0 amide bonds. The van der Waals surface area contributed by atoms with Gasteiger partial charge < -0.3 is 0 Å². The highest BCUT2D eigenvalue weighted by Gasteiger charge is 2.18. The average Bonchev–Trinajstić information content (AvgIpc) is 2.76. The Morgan fingerprint density at radius 1 is 1.44 bits per heavy atom. The first-order chi connectivity index (χ1) is 8.49. The first kappa shape index (κ1) is 13.3. The first-order valence-corrected chi connectivity index (χ1v) is 6.74. The van der Waals surface area contributed by atoms with Gasteiger partial charge >= 0.3 is 0 Å². The minimum absolute atomic E-state index is 0.140. The predicted octanol–water partition coefficient (Wildman–Crippen LogP) is 3.92. The molecule has 0 unspecified atom stereocenters. The lowest BCUT2D eigenvalue weighted by atomic mass is 10.1. The van der Waals surface area contributed by atoms with Crippen LogP contribution in [-0.2, 0) is 6.42 Å². The van der Waals surface area contributed by atoms with Crippen molar-refractivity contribution in [2.45, 2.75) is 13.3 Å².